The fraction of sp³-hybridized carbons (Fsp3) is 0.405. The molecule has 1 saturated carbocycles. The molecule has 1 aromatic heterocycles. The quantitative estimate of drug-likeness (QED) is 0.199. The number of aromatic nitrogens is 1. The van der Waals surface area contributed by atoms with Gasteiger partial charge in [0.2, 0.25) is 0 Å². The van der Waals surface area contributed by atoms with E-state index in [9.17, 15) is 14.7 Å². The maximum atomic E-state index is 13.5. The van der Waals surface area contributed by atoms with Crippen molar-refractivity contribution in [1.29, 1.82) is 0 Å². The van der Waals surface area contributed by atoms with Gasteiger partial charge in [0.1, 0.15) is 5.75 Å². The van der Waals surface area contributed by atoms with Gasteiger partial charge in [-0.15, -0.1) is 0 Å². The molecule has 5 rings (SSSR count). The van der Waals surface area contributed by atoms with Crippen LogP contribution in [0.4, 0.5) is 0 Å². The Morgan fingerprint density at radius 1 is 1.00 bits per heavy atom. The van der Waals surface area contributed by atoms with Gasteiger partial charge in [-0.2, -0.15) is 0 Å². The summed E-state index contributed by atoms with van der Waals surface area (Å²) in [6, 6.07) is 22.0. The van der Waals surface area contributed by atoms with Crippen LogP contribution in [0.2, 0.25) is 0 Å². The first kappa shape index (κ1) is 30.4. The predicted molar refractivity (Wildman–Crippen MR) is 172 cm³/mol. The van der Waals surface area contributed by atoms with Crippen LogP contribution in [0.15, 0.2) is 66.7 Å². The van der Waals surface area contributed by atoms with Crippen molar-refractivity contribution >= 4 is 22.8 Å². The molecule has 6 heteroatoms. The molecule has 4 aromatic rings. The molecule has 1 aliphatic rings. The molecule has 1 atom stereocenters. The molecule has 0 saturated heterocycles. The maximum Gasteiger partial charge on any atom is 0.347 e. The zero-order valence-corrected chi connectivity index (χ0v) is 26.5. The van der Waals surface area contributed by atoms with Crippen LogP contribution in [0.25, 0.3) is 10.9 Å². The number of nitrogens with one attached hydrogen (secondary N) is 1. The normalized spacial score (nSPS) is 14.5. The third-order valence-corrected chi connectivity index (χ3v) is 8.62. The molecule has 0 radical (unpaired) electrons. The number of benzene rings is 3. The lowest BCUT2D eigenvalue weighted by Crippen LogP contribution is -2.37. The lowest BCUT2D eigenvalue weighted by atomic mass is 9.85. The van der Waals surface area contributed by atoms with E-state index in [0.29, 0.717) is 23.7 Å². The Hall–Kier alpha value is -4.06. The van der Waals surface area contributed by atoms with E-state index in [0.717, 1.165) is 28.6 Å². The third-order valence-electron chi connectivity index (χ3n) is 8.62. The molecular formula is C37H44N2O4. The average molecular weight is 581 g/mol. The van der Waals surface area contributed by atoms with Crippen LogP contribution in [0.1, 0.15) is 98.7 Å². The number of ether oxygens (including phenoxy) is 1. The summed E-state index contributed by atoms with van der Waals surface area (Å²) in [5.41, 5.74) is 6.24. The van der Waals surface area contributed by atoms with Gasteiger partial charge in [0.15, 0.2) is 5.60 Å². The molecule has 1 aliphatic carbocycles. The zero-order chi connectivity index (χ0) is 31.1. The second-order valence-electron chi connectivity index (χ2n) is 13.7. The number of nitrogens with zero attached hydrogens (tertiary/aromatic N) is 1. The lowest BCUT2D eigenvalue weighted by Gasteiger charge is -2.22. The van der Waals surface area contributed by atoms with Crippen LogP contribution in [-0.2, 0) is 23.2 Å². The smallest absolute Gasteiger partial charge is 0.347 e. The highest BCUT2D eigenvalue weighted by Gasteiger charge is 2.30. The second-order valence-corrected chi connectivity index (χ2v) is 13.7. The van der Waals surface area contributed by atoms with Crippen molar-refractivity contribution in [2.45, 2.75) is 91.3 Å². The van der Waals surface area contributed by atoms with Gasteiger partial charge in [0.05, 0.1) is 6.04 Å². The Kier molecular flexibility index (Phi) is 8.17. The Labute approximate surface area is 255 Å². The fourth-order valence-corrected chi connectivity index (χ4v) is 5.61. The monoisotopic (exact) mass is 580 g/mol. The number of carbonyl (C=O) groups is 2. The van der Waals surface area contributed by atoms with Crippen molar-refractivity contribution in [2.75, 3.05) is 0 Å². The number of aliphatic carboxylic acids is 1. The highest BCUT2D eigenvalue weighted by molar-refractivity contribution is 5.99. The van der Waals surface area contributed by atoms with Crippen LogP contribution in [0.5, 0.6) is 5.75 Å². The number of amides is 1. The summed E-state index contributed by atoms with van der Waals surface area (Å²) in [6.45, 7) is 14.8. The molecule has 1 fully saturated rings. The van der Waals surface area contributed by atoms with E-state index >= 15 is 0 Å². The van der Waals surface area contributed by atoms with Crippen molar-refractivity contribution in [1.82, 2.24) is 9.88 Å². The van der Waals surface area contributed by atoms with Crippen LogP contribution >= 0.6 is 0 Å². The summed E-state index contributed by atoms with van der Waals surface area (Å²) in [5, 5.41) is 13.8. The molecule has 3 aromatic carbocycles. The summed E-state index contributed by atoms with van der Waals surface area (Å²) in [5.74, 6) is 0.111. The first-order valence-corrected chi connectivity index (χ1v) is 15.3. The third kappa shape index (κ3) is 6.79. The molecule has 43 heavy (non-hydrogen) atoms. The standard InChI is InChI=1S/C37H44N2O4/c1-23(27-11-9-12-29(20-27)36(3,4)5)38-34(40)28-16-17-31-32(24(2)39(33(31)21-28)22-25-14-15-25)19-26-10-8-13-30(18-26)43-37(6,7)35(41)42/h8-13,16-18,20-21,23,25H,14-15,19,22H2,1-7H3,(H,38,40)(H,41,42)/t23-/m0/s1. The van der Waals surface area contributed by atoms with Crippen molar-refractivity contribution in [3.8, 4) is 5.75 Å². The van der Waals surface area contributed by atoms with E-state index in [-0.39, 0.29) is 17.4 Å². The molecule has 0 bridgehead atoms. The number of carboxylic acid groups (broad SMARTS) is 1. The van der Waals surface area contributed by atoms with Gasteiger partial charge in [-0.1, -0.05) is 63.2 Å². The molecule has 1 heterocycles. The van der Waals surface area contributed by atoms with Gasteiger partial charge < -0.3 is 19.7 Å². The van der Waals surface area contributed by atoms with E-state index < -0.39 is 11.6 Å². The summed E-state index contributed by atoms with van der Waals surface area (Å²) in [7, 11) is 0. The molecular weight excluding hydrogens is 536 g/mol. The topological polar surface area (TPSA) is 80.6 Å². The number of hydrogen-bond donors (Lipinski definition) is 2. The molecule has 0 unspecified atom stereocenters. The molecule has 0 aliphatic heterocycles. The van der Waals surface area contributed by atoms with E-state index in [2.05, 4.69) is 67.9 Å². The predicted octanol–water partition coefficient (Wildman–Crippen LogP) is 7.98. The van der Waals surface area contributed by atoms with Crippen molar-refractivity contribution in [2.24, 2.45) is 5.92 Å². The van der Waals surface area contributed by atoms with Gasteiger partial charge in [-0.25, -0.2) is 4.79 Å². The minimum atomic E-state index is -1.32. The summed E-state index contributed by atoms with van der Waals surface area (Å²) in [4.78, 5) is 25.1. The number of rotatable bonds is 10. The Bertz CT molecular complexity index is 1670. The van der Waals surface area contributed by atoms with Crippen LogP contribution in [0, 0.1) is 12.8 Å². The molecule has 1 amide bonds. The maximum absolute atomic E-state index is 13.5. The van der Waals surface area contributed by atoms with Crippen LogP contribution in [-0.4, -0.2) is 27.2 Å². The SMILES string of the molecule is Cc1c(Cc2cccc(OC(C)(C)C(=O)O)c2)c2ccc(C(=O)N[C@@H](C)c3cccc(C(C)(C)C)c3)cc2n1CC1CC1. The Balaban J connectivity index is 1.43. The minimum Gasteiger partial charge on any atom is -0.478 e. The van der Waals surface area contributed by atoms with Crippen LogP contribution < -0.4 is 10.1 Å². The molecule has 2 N–H and O–H groups in total. The molecule has 6 nitrogen and oxygen atoms in total. The van der Waals surface area contributed by atoms with Gasteiger partial charge >= 0.3 is 5.97 Å². The summed E-state index contributed by atoms with van der Waals surface area (Å²) < 4.78 is 8.18. The van der Waals surface area contributed by atoms with E-state index in [1.54, 1.807) is 19.9 Å². The van der Waals surface area contributed by atoms with E-state index in [1.807, 2.05) is 37.3 Å². The highest BCUT2D eigenvalue weighted by Crippen LogP contribution is 2.36. The van der Waals surface area contributed by atoms with Crippen molar-refractivity contribution in [3.05, 3.63) is 100 Å². The minimum absolute atomic E-state index is 0.0384. The first-order chi connectivity index (χ1) is 20.2. The Morgan fingerprint density at radius 2 is 1.72 bits per heavy atom. The van der Waals surface area contributed by atoms with Gasteiger partial charge in [-0.05, 0) is 105 Å². The first-order valence-electron chi connectivity index (χ1n) is 15.3. The lowest BCUT2D eigenvalue weighted by molar-refractivity contribution is -0.152. The van der Waals surface area contributed by atoms with Gasteiger partial charge in [0.25, 0.3) is 5.91 Å². The number of carboxylic acids is 1. The average Bonchev–Trinajstić information content (AvgIpc) is 3.74. The van der Waals surface area contributed by atoms with Crippen molar-refractivity contribution < 1.29 is 19.4 Å². The highest BCUT2D eigenvalue weighted by atomic mass is 16.5. The number of carbonyl (C=O) groups excluding carboxylic acids is 1. The number of fused-ring (bicyclic) bond motifs is 1. The second kappa shape index (κ2) is 11.6. The molecule has 226 valence electrons. The van der Waals surface area contributed by atoms with E-state index in [1.165, 1.54) is 29.7 Å². The molecule has 0 spiro atoms. The van der Waals surface area contributed by atoms with Crippen LogP contribution in [0.3, 0.4) is 0 Å². The Morgan fingerprint density at radius 3 is 2.40 bits per heavy atom. The summed E-state index contributed by atoms with van der Waals surface area (Å²) >= 11 is 0. The number of hydrogen-bond acceptors (Lipinski definition) is 3. The van der Waals surface area contributed by atoms with Crippen molar-refractivity contribution in [3.63, 3.8) is 0 Å². The largest absolute Gasteiger partial charge is 0.478 e. The fourth-order valence-electron chi connectivity index (χ4n) is 5.61. The van der Waals surface area contributed by atoms with Gasteiger partial charge in [-0.3, -0.25) is 4.79 Å². The zero-order valence-electron chi connectivity index (χ0n) is 26.5. The van der Waals surface area contributed by atoms with E-state index in [4.69, 9.17) is 4.74 Å². The van der Waals surface area contributed by atoms with Gasteiger partial charge in [0, 0.05) is 28.7 Å². The summed E-state index contributed by atoms with van der Waals surface area (Å²) in [6.07, 6.45) is 3.15.